The van der Waals surface area contributed by atoms with Crippen molar-refractivity contribution in [2.75, 3.05) is 0 Å². The molecule has 0 aliphatic carbocycles. The summed E-state index contributed by atoms with van der Waals surface area (Å²) in [6.07, 6.45) is 2.71. The molecule has 0 fully saturated rings. The molecule has 0 spiro atoms. The van der Waals surface area contributed by atoms with Crippen LogP contribution in [0.5, 0.6) is 0 Å². The monoisotopic (exact) mass is 352 g/mol. The van der Waals surface area contributed by atoms with Crippen molar-refractivity contribution in [2.24, 2.45) is 0 Å². The summed E-state index contributed by atoms with van der Waals surface area (Å²) in [6, 6.07) is 5.65. The van der Waals surface area contributed by atoms with E-state index in [1.165, 1.54) is 0 Å². The van der Waals surface area contributed by atoms with Crippen molar-refractivity contribution in [1.82, 2.24) is 0 Å². The Labute approximate surface area is 97.9 Å². The fourth-order valence-electron chi connectivity index (χ4n) is 0.810. The van der Waals surface area contributed by atoms with E-state index in [1.807, 2.05) is 18.2 Å². The molecule has 0 amide bonds. The topological polar surface area (TPSA) is 37.3 Å². The summed E-state index contributed by atoms with van der Waals surface area (Å²) in [4.78, 5) is 10.3. The smallest absolute Gasteiger partial charge is 0.328 e. The van der Waals surface area contributed by atoms with E-state index < -0.39 is 5.97 Å². The normalized spacial score (nSPS) is 10.6. The van der Waals surface area contributed by atoms with Gasteiger partial charge in [0.25, 0.3) is 0 Å². The van der Waals surface area contributed by atoms with Crippen molar-refractivity contribution in [3.63, 3.8) is 0 Å². The third-order valence-electron chi connectivity index (χ3n) is 1.39. The highest BCUT2D eigenvalue weighted by Crippen LogP contribution is 2.23. The Morgan fingerprint density at radius 3 is 2.85 bits per heavy atom. The maximum absolute atomic E-state index is 10.3. The average molecular weight is 353 g/mol. The lowest BCUT2D eigenvalue weighted by atomic mass is 10.2. The van der Waals surface area contributed by atoms with Gasteiger partial charge >= 0.3 is 5.97 Å². The number of hydrogen-bond donors (Lipinski definition) is 1. The fraction of sp³-hybridized carbons (Fsp3) is 0. The van der Waals surface area contributed by atoms with Gasteiger partial charge in [0.2, 0.25) is 0 Å². The van der Waals surface area contributed by atoms with Crippen LogP contribution in [-0.4, -0.2) is 11.1 Å². The molecule has 0 heterocycles. The molecule has 1 rings (SSSR count). The van der Waals surface area contributed by atoms with Crippen LogP contribution < -0.4 is 0 Å². The lowest BCUT2D eigenvalue weighted by Crippen LogP contribution is -1.87. The Bertz CT molecular complexity index is 361. The van der Waals surface area contributed by atoms with Crippen LogP contribution in [0.25, 0.3) is 6.08 Å². The van der Waals surface area contributed by atoms with Gasteiger partial charge in [0.15, 0.2) is 0 Å². The largest absolute Gasteiger partial charge is 0.478 e. The number of carbonyl (C=O) groups is 1. The number of aliphatic carboxylic acids is 1. The Balaban J connectivity index is 3.02. The maximum Gasteiger partial charge on any atom is 0.328 e. The summed E-state index contributed by atoms with van der Waals surface area (Å²) in [6.45, 7) is 0. The molecule has 0 aromatic heterocycles. The molecule has 2 nitrogen and oxygen atoms in total. The van der Waals surface area contributed by atoms with E-state index >= 15 is 0 Å². The van der Waals surface area contributed by atoms with E-state index in [0.717, 1.165) is 19.7 Å². The van der Waals surface area contributed by atoms with Gasteiger partial charge in [-0.2, -0.15) is 0 Å². The standard InChI is InChI=1S/C9H6BrIO2/c10-7-3-1-2-6(9(7)11)4-5-8(12)13/h1-5H,(H,12,13)/b5-4+. The molecular weight excluding hydrogens is 347 g/mol. The summed E-state index contributed by atoms with van der Waals surface area (Å²) >= 11 is 5.52. The number of carboxylic acids is 1. The molecule has 0 atom stereocenters. The zero-order valence-electron chi connectivity index (χ0n) is 6.50. The Hall–Kier alpha value is -0.360. The first-order valence-corrected chi connectivity index (χ1v) is 5.33. The van der Waals surface area contributed by atoms with Crippen molar-refractivity contribution in [3.05, 3.63) is 37.9 Å². The molecule has 0 unspecified atom stereocenters. The Morgan fingerprint density at radius 2 is 2.23 bits per heavy atom. The van der Waals surface area contributed by atoms with Gasteiger partial charge in [-0.15, -0.1) is 0 Å². The lowest BCUT2D eigenvalue weighted by Gasteiger charge is -1.99. The molecule has 4 heteroatoms. The van der Waals surface area contributed by atoms with E-state index in [2.05, 4.69) is 38.5 Å². The fourth-order valence-corrected chi connectivity index (χ4v) is 1.73. The third-order valence-corrected chi connectivity index (χ3v) is 3.99. The Morgan fingerprint density at radius 1 is 1.54 bits per heavy atom. The highest BCUT2D eigenvalue weighted by molar-refractivity contribution is 14.1. The summed E-state index contributed by atoms with van der Waals surface area (Å²) in [5.74, 6) is -0.934. The predicted molar refractivity (Wildman–Crippen MR) is 63.5 cm³/mol. The number of benzene rings is 1. The maximum atomic E-state index is 10.3. The van der Waals surface area contributed by atoms with Crippen molar-refractivity contribution in [3.8, 4) is 0 Å². The van der Waals surface area contributed by atoms with Gasteiger partial charge < -0.3 is 5.11 Å². The summed E-state index contributed by atoms with van der Waals surface area (Å²) < 4.78 is 1.98. The van der Waals surface area contributed by atoms with Gasteiger partial charge in [-0.25, -0.2) is 4.79 Å². The van der Waals surface area contributed by atoms with Gasteiger partial charge in [0.05, 0.1) is 0 Å². The predicted octanol–water partition coefficient (Wildman–Crippen LogP) is 3.15. The van der Waals surface area contributed by atoms with Crippen molar-refractivity contribution in [2.45, 2.75) is 0 Å². The van der Waals surface area contributed by atoms with Gasteiger partial charge in [-0.3, -0.25) is 0 Å². The minimum Gasteiger partial charge on any atom is -0.478 e. The quantitative estimate of drug-likeness (QED) is 0.655. The van der Waals surface area contributed by atoms with E-state index in [9.17, 15) is 4.79 Å². The van der Waals surface area contributed by atoms with Crippen molar-refractivity contribution < 1.29 is 9.90 Å². The first-order valence-electron chi connectivity index (χ1n) is 3.46. The van der Waals surface area contributed by atoms with E-state index in [4.69, 9.17) is 5.11 Å². The van der Waals surface area contributed by atoms with Gasteiger partial charge in [0, 0.05) is 14.1 Å². The molecule has 1 N–H and O–H groups in total. The van der Waals surface area contributed by atoms with E-state index in [-0.39, 0.29) is 0 Å². The molecule has 1 aromatic rings. The number of hydrogen-bond acceptors (Lipinski definition) is 1. The summed E-state index contributed by atoms with van der Waals surface area (Å²) in [5.41, 5.74) is 0.900. The minimum absolute atomic E-state index is 0.900. The van der Waals surface area contributed by atoms with Crippen LogP contribution in [0.15, 0.2) is 28.7 Å². The molecule has 0 saturated heterocycles. The van der Waals surface area contributed by atoms with Crippen LogP contribution in [0.2, 0.25) is 0 Å². The molecular formula is C9H6BrIO2. The van der Waals surface area contributed by atoms with Crippen LogP contribution in [0, 0.1) is 3.57 Å². The minimum atomic E-state index is -0.934. The molecule has 0 aliphatic rings. The lowest BCUT2D eigenvalue weighted by molar-refractivity contribution is -0.131. The van der Waals surface area contributed by atoms with Gasteiger partial charge in [-0.05, 0) is 56.2 Å². The van der Waals surface area contributed by atoms with Crippen LogP contribution in [-0.2, 0) is 4.79 Å². The van der Waals surface area contributed by atoms with Crippen LogP contribution in [0.3, 0.4) is 0 Å². The van der Waals surface area contributed by atoms with Crippen LogP contribution in [0.1, 0.15) is 5.56 Å². The van der Waals surface area contributed by atoms with Gasteiger partial charge in [-0.1, -0.05) is 12.1 Å². The second-order valence-electron chi connectivity index (χ2n) is 2.31. The molecule has 0 bridgehead atoms. The van der Waals surface area contributed by atoms with Crippen LogP contribution in [0.4, 0.5) is 0 Å². The summed E-state index contributed by atoms with van der Waals surface area (Å²) in [5, 5.41) is 8.43. The molecule has 0 radical (unpaired) electrons. The highest BCUT2D eigenvalue weighted by atomic mass is 127. The molecule has 1 aromatic carbocycles. The second-order valence-corrected chi connectivity index (χ2v) is 4.25. The third kappa shape index (κ3) is 3.11. The molecule has 0 saturated carbocycles. The first kappa shape index (κ1) is 10.7. The van der Waals surface area contributed by atoms with E-state index in [0.29, 0.717) is 0 Å². The zero-order valence-corrected chi connectivity index (χ0v) is 10.2. The second kappa shape index (κ2) is 4.76. The van der Waals surface area contributed by atoms with Crippen LogP contribution >= 0.6 is 38.5 Å². The SMILES string of the molecule is O=C(O)/C=C/c1cccc(Br)c1I. The van der Waals surface area contributed by atoms with Gasteiger partial charge in [0.1, 0.15) is 0 Å². The Kier molecular flexibility index (Phi) is 3.92. The number of halogens is 2. The zero-order chi connectivity index (χ0) is 9.84. The molecule has 0 aliphatic heterocycles. The molecule has 68 valence electrons. The highest BCUT2D eigenvalue weighted by Gasteiger charge is 1.99. The van der Waals surface area contributed by atoms with E-state index in [1.54, 1.807) is 6.08 Å². The first-order chi connectivity index (χ1) is 6.11. The average Bonchev–Trinajstić information content (AvgIpc) is 2.07. The van der Waals surface area contributed by atoms with Crippen molar-refractivity contribution >= 4 is 50.6 Å². The molecule has 13 heavy (non-hydrogen) atoms. The number of rotatable bonds is 2. The number of carboxylic acid groups (broad SMARTS) is 1. The van der Waals surface area contributed by atoms with Crippen molar-refractivity contribution in [1.29, 1.82) is 0 Å². The summed E-state index contributed by atoms with van der Waals surface area (Å²) in [7, 11) is 0.